The Bertz CT molecular complexity index is 978. The second kappa shape index (κ2) is 8.34. The first-order valence-corrected chi connectivity index (χ1v) is 10.8. The molecular weight excluding hydrogens is 396 g/mol. The summed E-state index contributed by atoms with van der Waals surface area (Å²) >= 11 is 0. The maximum atomic E-state index is 12.3. The molecule has 1 amide bonds. The first kappa shape index (κ1) is 21.4. The molecule has 4 rings (SSSR count). The predicted molar refractivity (Wildman–Crippen MR) is 115 cm³/mol. The fraction of sp³-hybridized carbons (Fsp3) is 0.522. The van der Waals surface area contributed by atoms with Crippen molar-refractivity contribution in [1.82, 2.24) is 19.8 Å². The van der Waals surface area contributed by atoms with E-state index in [1.54, 1.807) is 27.1 Å². The van der Waals surface area contributed by atoms with Gasteiger partial charge in [0.1, 0.15) is 11.6 Å². The molecular formula is C23H30N4O4. The number of ether oxygens (including phenoxy) is 1. The van der Waals surface area contributed by atoms with Crippen molar-refractivity contribution in [3.05, 3.63) is 47.5 Å². The number of carboxylic acid groups (broad SMARTS) is 1. The molecule has 0 saturated carbocycles. The molecule has 1 unspecified atom stereocenters. The summed E-state index contributed by atoms with van der Waals surface area (Å²) in [6.45, 7) is 6.02. The maximum Gasteiger partial charge on any atom is 0.408 e. The lowest BCUT2D eigenvalue weighted by atomic mass is 9.98. The van der Waals surface area contributed by atoms with Crippen molar-refractivity contribution in [3.63, 3.8) is 0 Å². The molecule has 2 atom stereocenters. The molecule has 2 aromatic rings. The Balaban J connectivity index is 1.52. The van der Waals surface area contributed by atoms with E-state index < -0.39 is 23.7 Å². The lowest BCUT2D eigenvalue weighted by Gasteiger charge is -2.31. The first-order chi connectivity index (χ1) is 14.7. The zero-order chi connectivity index (χ0) is 22.2. The fourth-order valence-electron chi connectivity index (χ4n) is 4.55. The minimum Gasteiger partial charge on any atom is -0.480 e. The van der Waals surface area contributed by atoms with E-state index in [0.717, 1.165) is 36.3 Å². The van der Waals surface area contributed by atoms with E-state index in [4.69, 9.17) is 4.74 Å². The zero-order valence-corrected chi connectivity index (χ0v) is 18.3. The summed E-state index contributed by atoms with van der Waals surface area (Å²) in [4.78, 5) is 30.9. The number of hydrogen-bond acceptors (Lipinski definition) is 5. The third-order valence-electron chi connectivity index (χ3n) is 5.88. The summed E-state index contributed by atoms with van der Waals surface area (Å²) in [5.74, 6) is -0.907. The molecule has 8 heteroatoms. The normalized spacial score (nSPS) is 19.4. The smallest absolute Gasteiger partial charge is 0.408 e. The van der Waals surface area contributed by atoms with E-state index in [0.29, 0.717) is 19.4 Å². The highest BCUT2D eigenvalue weighted by Crippen LogP contribution is 2.28. The van der Waals surface area contributed by atoms with Crippen molar-refractivity contribution in [1.29, 1.82) is 0 Å². The molecule has 8 nitrogen and oxygen atoms in total. The number of alkyl carbamates (subject to hydrolysis) is 1. The molecule has 1 aromatic heterocycles. The highest BCUT2D eigenvalue weighted by atomic mass is 16.6. The van der Waals surface area contributed by atoms with Gasteiger partial charge in [0.05, 0.1) is 18.2 Å². The van der Waals surface area contributed by atoms with Crippen LogP contribution in [-0.4, -0.2) is 56.0 Å². The summed E-state index contributed by atoms with van der Waals surface area (Å²) in [7, 11) is 0. The van der Waals surface area contributed by atoms with Gasteiger partial charge in [-0.05, 0) is 58.1 Å². The first-order valence-electron chi connectivity index (χ1n) is 10.8. The van der Waals surface area contributed by atoms with Crippen molar-refractivity contribution in [2.75, 3.05) is 6.54 Å². The fourth-order valence-corrected chi connectivity index (χ4v) is 4.55. The van der Waals surface area contributed by atoms with E-state index in [-0.39, 0.29) is 6.17 Å². The van der Waals surface area contributed by atoms with Crippen molar-refractivity contribution < 1.29 is 19.4 Å². The number of fused-ring (bicyclic) bond motifs is 3. The van der Waals surface area contributed by atoms with Gasteiger partial charge in [0.2, 0.25) is 0 Å². The molecule has 2 N–H and O–H groups in total. The van der Waals surface area contributed by atoms with Gasteiger partial charge in [-0.3, -0.25) is 9.69 Å². The highest BCUT2D eigenvalue weighted by molar-refractivity contribution is 5.74. The second-order valence-electron chi connectivity index (χ2n) is 9.24. The summed E-state index contributed by atoms with van der Waals surface area (Å²) in [6, 6.07) is 7.46. The molecule has 1 saturated heterocycles. The van der Waals surface area contributed by atoms with Crippen molar-refractivity contribution in [2.45, 2.75) is 70.7 Å². The summed E-state index contributed by atoms with van der Waals surface area (Å²) < 4.78 is 7.44. The van der Waals surface area contributed by atoms with Gasteiger partial charge in [0.15, 0.2) is 0 Å². The Hall–Kier alpha value is -2.87. The molecule has 3 heterocycles. The minimum atomic E-state index is -0.907. The van der Waals surface area contributed by atoms with Crippen LogP contribution in [0.4, 0.5) is 4.79 Å². The van der Waals surface area contributed by atoms with Crippen LogP contribution >= 0.6 is 0 Å². The summed E-state index contributed by atoms with van der Waals surface area (Å²) in [6.07, 6.45) is 4.46. The van der Waals surface area contributed by atoms with Crippen LogP contribution in [-0.2, 0) is 28.8 Å². The Kier molecular flexibility index (Phi) is 5.75. The van der Waals surface area contributed by atoms with E-state index in [1.165, 1.54) is 5.56 Å². The van der Waals surface area contributed by atoms with Crippen LogP contribution in [0.5, 0.6) is 0 Å². The molecule has 0 bridgehead atoms. The monoisotopic (exact) mass is 426 g/mol. The standard InChI is InChI=1S/C23H30N4O4/c1-23(2,3)31-22(30)25-20-9-6-12-26(20)19(21(28)29)13-16-18-11-10-15-7-4-5-8-17(15)27(18)14-24-16/h4-5,7-8,14,19-20H,6,9-13H2,1-3H3,(H,25,30)(H,28,29)/t19-,20?/m0/s1. The third kappa shape index (κ3) is 4.58. The van der Waals surface area contributed by atoms with Gasteiger partial charge in [0, 0.05) is 24.3 Å². The quantitative estimate of drug-likeness (QED) is 0.763. The van der Waals surface area contributed by atoms with Crippen LogP contribution in [0.3, 0.4) is 0 Å². The maximum absolute atomic E-state index is 12.3. The third-order valence-corrected chi connectivity index (χ3v) is 5.88. The van der Waals surface area contributed by atoms with Crippen LogP contribution in [0.2, 0.25) is 0 Å². The number of hydrogen-bond donors (Lipinski definition) is 2. The van der Waals surface area contributed by atoms with Gasteiger partial charge >= 0.3 is 12.1 Å². The number of aryl methyl sites for hydroxylation is 1. The number of amides is 1. The van der Waals surface area contributed by atoms with E-state index >= 15 is 0 Å². The Labute approximate surface area is 182 Å². The second-order valence-corrected chi connectivity index (χ2v) is 9.24. The number of nitrogens with one attached hydrogen (secondary N) is 1. The molecule has 31 heavy (non-hydrogen) atoms. The van der Waals surface area contributed by atoms with Crippen LogP contribution in [0.1, 0.15) is 50.6 Å². The Morgan fingerprint density at radius 2 is 2.06 bits per heavy atom. The Morgan fingerprint density at radius 3 is 2.81 bits per heavy atom. The van der Waals surface area contributed by atoms with Gasteiger partial charge in [-0.1, -0.05) is 18.2 Å². The number of imidazole rings is 1. The molecule has 1 fully saturated rings. The topological polar surface area (TPSA) is 96.7 Å². The number of aromatic nitrogens is 2. The molecule has 0 radical (unpaired) electrons. The van der Waals surface area contributed by atoms with E-state index in [9.17, 15) is 14.7 Å². The number of para-hydroxylation sites is 1. The lowest BCUT2D eigenvalue weighted by Crippen LogP contribution is -2.53. The zero-order valence-electron chi connectivity index (χ0n) is 18.3. The number of likely N-dealkylation sites (tertiary alicyclic amines) is 1. The summed E-state index contributed by atoms with van der Waals surface area (Å²) in [5, 5.41) is 12.9. The van der Waals surface area contributed by atoms with Gasteiger partial charge in [-0.25, -0.2) is 9.78 Å². The van der Waals surface area contributed by atoms with Gasteiger partial charge in [-0.2, -0.15) is 0 Å². The highest BCUT2D eigenvalue weighted by Gasteiger charge is 2.37. The van der Waals surface area contributed by atoms with Crippen LogP contribution < -0.4 is 5.32 Å². The molecule has 166 valence electrons. The van der Waals surface area contributed by atoms with Gasteiger partial charge in [-0.15, -0.1) is 0 Å². The van der Waals surface area contributed by atoms with Gasteiger partial charge < -0.3 is 19.7 Å². The average Bonchev–Trinajstić information content (AvgIpc) is 3.31. The van der Waals surface area contributed by atoms with Crippen molar-refractivity contribution in [2.24, 2.45) is 0 Å². The number of nitrogens with zero attached hydrogens (tertiary/aromatic N) is 3. The number of carbonyl (C=O) groups is 2. The van der Waals surface area contributed by atoms with Crippen LogP contribution in [0, 0.1) is 0 Å². The van der Waals surface area contributed by atoms with E-state index in [1.807, 2.05) is 17.0 Å². The van der Waals surface area contributed by atoms with Crippen molar-refractivity contribution in [3.8, 4) is 5.69 Å². The largest absolute Gasteiger partial charge is 0.480 e. The number of carbonyl (C=O) groups excluding carboxylic acids is 1. The van der Waals surface area contributed by atoms with Crippen LogP contribution in [0.15, 0.2) is 30.6 Å². The number of benzene rings is 1. The predicted octanol–water partition coefficient (Wildman–Crippen LogP) is 2.91. The van der Waals surface area contributed by atoms with E-state index in [2.05, 4.69) is 27.0 Å². The summed E-state index contributed by atoms with van der Waals surface area (Å²) in [5.41, 5.74) is 3.66. The molecule has 0 aliphatic carbocycles. The number of aliphatic carboxylic acids is 1. The molecule has 0 spiro atoms. The number of carboxylic acids is 1. The SMILES string of the molecule is CC(C)(C)OC(=O)NC1CCCN1[C@@H](Cc1ncn2c1CCc1ccccc1-2)C(=O)O. The molecule has 1 aromatic carbocycles. The minimum absolute atomic E-state index is 0.298. The number of rotatable bonds is 5. The average molecular weight is 427 g/mol. The van der Waals surface area contributed by atoms with Gasteiger partial charge in [0.25, 0.3) is 0 Å². The molecule has 2 aliphatic heterocycles. The Morgan fingerprint density at radius 1 is 1.29 bits per heavy atom. The molecule has 2 aliphatic rings. The van der Waals surface area contributed by atoms with Crippen LogP contribution in [0.25, 0.3) is 5.69 Å². The van der Waals surface area contributed by atoms with Crippen molar-refractivity contribution >= 4 is 12.1 Å². The lowest BCUT2D eigenvalue weighted by molar-refractivity contribution is -0.144.